The van der Waals surface area contributed by atoms with Crippen molar-refractivity contribution in [3.8, 4) is 0 Å². The zero-order valence-corrected chi connectivity index (χ0v) is 9.35. The zero-order valence-electron chi connectivity index (χ0n) is 6.95. The van der Waals surface area contributed by atoms with E-state index in [-0.39, 0.29) is 12.5 Å². The van der Waals surface area contributed by atoms with Crippen molar-refractivity contribution in [2.75, 3.05) is 6.54 Å². The van der Waals surface area contributed by atoms with Crippen LogP contribution in [0.15, 0.2) is 10.1 Å². The molecule has 0 saturated heterocycles. The molecule has 0 unspecified atom stereocenters. The Labute approximate surface area is 88.1 Å². The summed E-state index contributed by atoms with van der Waals surface area (Å²) in [5, 5.41) is 11.5. The molecule has 1 aromatic heterocycles. The fourth-order valence-corrected chi connectivity index (χ4v) is 1.99. The van der Waals surface area contributed by atoms with E-state index in [1.54, 1.807) is 12.4 Å². The number of carbonyl (C=O) groups excluding carboxylic acids is 1. The average Bonchev–Trinajstić information content (AvgIpc) is 2.47. The highest BCUT2D eigenvalue weighted by Crippen LogP contribution is 2.18. The van der Waals surface area contributed by atoms with Crippen molar-refractivity contribution in [3.63, 3.8) is 0 Å². The summed E-state index contributed by atoms with van der Waals surface area (Å²) < 4.78 is 0.542. The molecule has 0 bridgehead atoms. The van der Waals surface area contributed by atoms with Crippen molar-refractivity contribution in [2.45, 2.75) is 13.0 Å². The quantitative estimate of drug-likeness (QED) is 0.857. The van der Waals surface area contributed by atoms with E-state index < -0.39 is 6.10 Å². The molecular weight excluding hydrogens is 256 g/mol. The van der Waals surface area contributed by atoms with Crippen LogP contribution in [0.2, 0.25) is 0 Å². The maximum Gasteiger partial charge on any atom is 0.264 e. The van der Waals surface area contributed by atoms with E-state index >= 15 is 0 Å². The average molecular weight is 265 g/mol. The number of nitrogens with one attached hydrogen (secondary N) is 1. The Morgan fingerprint density at radius 1 is 1.92 bits per heavy atom. The zero-order chi connectivity index (χ0) is 9.84. The predicted octanol–water partition coefficient (Wildman–Crippen LogP) is 1.02. The minimum Gasteiger partial charge on any atom is -0.392 e. The van der Waals surface area contributed by atoms with Gasteiger partial charge in [-0.3, -0.25) is 4.79 Å². The molecule has 0 radical (unpaired) electrons. The van der Waals surface area contributed by atoms with E-state index in [1.807, 2.05) is 0 Å². The van der Waals surface area contributed by atoms with Gasteiger partial charge in [0, 0.05) is 6.54 Å². The number of hydrogen-bond donors (Lipinski definition) is 2. The molecule has 0 fully saturated rings. The second kappa shape index (κ2) is 4.69. The van der Waals surface area contributed by atoms with Crippen molar-refractivity contribution in [1.29, 1.82) is 0 Å². The molecule has 0 spiro atoms. The summed E-state index contributed by atoms with van der Waals surface area (Å²) in [6.07, 6.45) is -0.532. The molecule has 4 nitrogen and oxygen atoms in total. The van der Waals surface area contributed by atoms with Gasteiger partial charge in [0.15, 0.2) is 0 Å². The fraction of sp³-hybridized carbons (Fsp3) is 0.429. The first-order chi connectivity index (χ1) is 6.11. The lowest BCUT2D eigenvalue weighted by atomic mass is 10.4. The number of rotatable bonds is 3. The van der Waals surface area contributed by atoms with Gasteiger partial charge in [0.2, 0.25) is 0 Å². The van der Waals surface area contributed by atoms with Crippen molar-refractivity contribution in [1.82, 2.24) is 10.3 Å². The summed E-state index contributed by atoms with van der Waals surface area (Å²) in [5.41, 5.74) is 1.58. The van der Waals surface area contributed by atoms with Crippen LogP contribution in [0.25, 0.3) is 0 Å². The third-order valence-electron chi connectivity index (χ3n) is 1.29. The molecule has 0 aromatic carbocycles. The summed E-state index contributed by atoms with van der Waals surface area (Å²) in [4.78, 5) is 15.8. The van der Waals surface area contributed by atoms with E-state index in [1.165, 1.54) is 11.3 Å². The van der Waals surface area contributed by atoms with Gasteiger partial charge in [0.05, 0.1) is 11.6 Å². The van der Waals surface area contributed by atoms with Crippen molar-refractivity contribution >= 4 is 33.2 Å². The van der Waals surface area contributed by atoms with Gasteiger partial charge >= 0.3 is 0 Å². The number of carbonyl (C=O) groups is 1. The molecule has 13 heavy (non-hydrogen) atoms. The van der Waals surface area contributed by atoms with Crippen molar-refractivity contribution < 1.29 is 9.90 Å². The number of thiazole rings is 1. The van der Waals surface area contributed by atoms with Gasteiger partial charge in [-0.2, -0.15) is 0 Å². The van der Waals surface area contributed by atoms with E-state index in [4.69, 9.17) is 5.11 Å². The molecule has 1 amide bonds. The van der Waals surface area contributed by atoms with E-state index in [0.29, 0.717) is 9.48 Å². The van der Waals surface area contributed by atoms with Crippen LogP contribution < -0.4 is 5.32 Å². The summed E-state index contributed by atoms with van der Waals surface area (Å²) in [5.74, 6) is -0.213. The molecule has 0 aliphatic carbocycles. The summed E-state index contributed by atoms with van der Waals surface area (Å²) in [7, 11) is 0. The van der Waals surface area contributed by atoms with Crippen LogP contribution in [0.5, 0.6) is 0 Å². The highest BCUT2D eigenvalue weighted by Gasteiger charge is 2.12. The summed E-state index contributed by atoms with van der Waals surface area (Å²) >= 11 is 4.41. The minimum atomic E-state index is -0.532. The smallest absolute Gasteiger partial charge is 0.264 e. The van der Waals surface area contributed by atoms with E-state index in [2.05, 4.69) is 26.2 Å². The maximum absolute atomic E-state index is 11.3. The number of nitrogens with zero attached hydrogens (tertiary/aromatic N) is 1. The first-order valence-corrected chi connectivity index (χ1v) is 5.33. The molecule has 1 atom stereocenters. The van der Waals surface area contributed by atoms with E-state index in [9.17, 15) is 4.79 Å². The largest absolute Gasteiger partial charge is 0.392 e. The lowest BCUT2D eigenvalue weighted by Crippen LogP contribution is -2.30. The highest BCUT2D eigenvalue weighted by atomic mass is 79.9. The first-order valence-electron chi connectivity index (χ1n) is 3.66. The molecule has 0 aliphatic rings. The molecule has 1 rings (SSSR count). The molecule has 1 heterocycles. The van der Waals surface area contributed by atoms with Crippen LogP contribution in [-0.4, -0.2) is 28.6 Å². The standard InChI is InChI=1S/C7H9BrN2O2S/c1-4(11)2-9-7(12)5-6(8)10-3-13-5/h3-4,11H,2H2,1H3,(H,9,12)/t4-/m0/s1. The van der Waals surface area contributed by atoms with Gasteiger partial charge in [-0.25, -0.2) is 4.98 Å². The van der Waals surface area contributed by atoms with Gasteiger partial charge in [-0.1, -0.05) is 0 Å². The Morgan fingerprint density at radius 2 is 2.62 bits per heavy atom. The molecule has 6 heteroatoms. The Kier molecular flexibility index (Phi) is 3.83. The molecule has 72 valence electrons. The van der Waals surface area contributed by atoms with Gasteiger partial charge < -0.3 is 10.4 Å². The number of halogens is 1. The van der Waals surface area contributed by atoms with E-state index in [0.717, 1.165) is 0 Å². The van der Waals surface area contributed by atoms with Crippen LogP contribution in [0.4, 0.5) is 0 Å². The Hall–Kier alpha value is -0.460. The predicted molar refractivity (Wildman–Crippen MR) is 53.8 cm³/mol. The normalized spacial score (nSPS) is 12.5. The minimum absolute atomic E-state index is 0.213. The Morgan fingerprint density at radius 3 is 3.08 bits per heavy atom. The second-order valence-corrected chi connectivity index (χ2v) is 4.14. The Bertz CT molecular complexity index is 300. The SMILES string of the molecule is C[C@H](O)CNC(=O)c1scnc1Br. The molecule has 2 N–H and O–H groups in total. The van der Waals surface area contributed by atoms with Crippen LogP contribution in [0, 0.1) is 0 Å². The fourth-order valence-electron chi connectivity index (χ4n) is 0.700. The van der Waals surface area contributed by atoms with Crippen LogP contribution >= 0.6 is 27.3 Å². The highest BCUT2D eigenvalue weighted by molar-refractivity contribution is 9.10. The maximum atomic E-state index is 11.3. The van der Waals surface area contributed by atoms with Crippen molar-refractivity contribution in [2.24, 2.45) is 0 Å². The third-order valence-corrected chi connectivity index (χ3v) is 2.98. The number of amides is 1. The third kappa shape index (κ3) is 3.06. The Balaban J connectivity index is 2.54. The lowest BCUT2D eigenvalue weighted by Gasteiger charge is -2.05. The van der Waals surface area contributed by atoms with Gasteiger partial charge in [0.25, 0.3) is 5.91 Å². The van der Waals surface area contributed by atoms with Crippen LogP contribution in [0.3, 0.4) is 0 Å². The monoisotopic (exact) mass is 264 g/mol. The van der Waals surface area contributed by atoms with Gasteiger partial charge in [-0.05, 0) is 22.9 Å². The summed E-state index contributed by atoms with van der Waals surface area (Å²) in [6.45, 7) is 1.87. The number of aliphatic hydroxyl groups is 1. The van der Waals surface area contributed by atoms with Crippen molar-refractivity contribution in [3.05, 3.63) is 15.0 Å². The number of aliphatic hydroxyl groups excluding tert-OH is 1. The van der Waals surface area contributed by atoms with Crippen LogP contribution in [0.1, 0.15) is 16.6 Å². The second-order valence-electron chi connectivity index (χ2n) is 2.53. The summed E-state index contributed by atoms with van der Waals surface area (Å²) in [6, 6.07) is 0. The molecule has 1 aromatic rings. The topological polar surface area (TPSA) is 62.2 Å². The number of hydrogen-bond acceptors (Lipinski definition) is 4. The molecule has 0 aliphatic heterocycles. The van der Waals surface area contributed by atoms with Crippen LogP contribution in [-0.2, 0) is 0 Å². The molecular formula is C7H9BrN2O2S. The van der Waals surface area contributed by atoms with Gasteiger partial charge in [-0.15, -0.1) is 11.3 Å². The van der Waals surface area contributed by atoms with Gasteiger partial charge in [0.1, 0.15) is 9.48 Å². The first kappa shape index (κ1) is 10.6. The lowest BCUT2D eigenvalue weighted by molar-refractivity contribution is 0.0927. The number of aromatic nitrogens is 1. The molecule has 0 saturated carbocycles.